The highest BCUT2D eigenvalue weighted by Crippen LogP contribution is 2.26. The molecule has 3 aromatic rings. The first-order valence-electron chi connectivity index (χ1n) is 13.2. The van der Waals surface area contributed by atoms with Gasteiger partial charge in [0.05, 0.1) is 17.7 Å². The molecule has 40 heavy (non-hydrogen) atoms. The average molecular weight is 570 g/mol. The number of sulfonamides is 1. The summed E-state index contributed by atoms with van der Waals surface area (Å²) in [6.07, 6.45) is 1.06. The number of rotatable bonds is 13. The fraction of sp³-hybridized carbons (Fsp3) is 0.333. The quantitative estimate of drug-likeness (QED) is 0.323. The van der Waals surface area contributed by atoms with E-state index in [-0.39, 0.29) is 23.0 Å². The van der Waals surface area contributed by atoms with Crippen LogP contribution in [-0.2, 0) is 26.2 Å². The summed E-state index contributed by atoms with van der Waals surface area (Å²) in [5, 5.41) is 2.85. The van der Waals surface area contributed by atoms with Crippen molar-refractivity contribution in [3.05, 3.63) is 89.7 Å². The zero-order valence-corrected chi connectivity index (χ0v) is 24.1. The molecule has 0 saturated carbocycles. The first-order chi connectivity index (χ1) is 19.1. The highest BCUT2D eigenvalue weighted by atomic mass is 32.2. The number of nitrogens with one attached hydrogen (secondary N) is 1. The number of methoxy groups -OCH3 is 1. The van der Waals surface area contributed by atoms with Gasteiger partial charge in [-0.25, -0.2) is 12.8 Å². The fourth-order valence-electron chi connectivity index (χ4n) is 4.19. The van der Waals surface area contributed by atoms with E-state index < -0.39 is 34.3 Å². The number of aryl methyl sites for hydroxylation is 1. The predicted octanol–water partition coefficient (Wildman–Crippen LogP) is 4.67. The van der Waals surface area contributed by atoms with Crippen LogP contribution < -0.4 is 14.4 Å². The minimum Gasteiger partial charge on any atom is -0.497 e. The van der Waals surface area contributed by atoms with Crippen molar-refractivity contribution in [2.24, 2.45) is 0 Å². The first kappa shape index (κ1) is 30.6. The lowest BCUT2D eigenvalue weighted by Gasteiger charge is -2.33. The Bertz CT molecular complexity index is 1380. The standard InChI is InChI=1S/C30H36FN3O5S/c1-5-19-32-30(36)28(6-2)33(20-23-9-7-22(3)8-10-23)29(35)21-34(25-13-11-24(31)12-14-25)40(37,38)27-17-15-26(39-4)16-18-27/h7-18,28H,5-6,19-21H2,1-4H3,(H,32,36)/t28-/m1/s1. The van der Waals surface area contributed by atoms with Crippen molar-refractivity contribution in [2.75, 3.05) is 24.5 Å². The molecule has 3 aromatic carbocycles. The lowest BCUT2D eigenvalue weighted by Crippen LogP contribution is -2.52. The Hall–Kier alpha value is -3.92. The van der Waals surface area contributed by atoms with Crippen LogP contribution in [0.2, 0.25) is 0 Å². The Kier molecular flexibility index (Phi) is 10.7. The van der Waals surface area contributed by atoms with Crippen molar-refractivity contribution in [1.29, 1.82) is 0 Å². The number of amides is 2. The second kappa shape index (κ2) is 13.9. The van der Waals surface area contributed by atoms with Crippen molar-refractivity contribution >= 4 is 27.5 Å². The molecular weight excluding hydrogens is 533 g/mol. The summed E-state index contributed by atoms with van der Waals surface area (Å²) in [5.41, 5.74) is 1.96. The van der Waals surface area contributed by atoms with Crippen LogP contribution in [0.5, 0.6) is 5.75 Å². The summed E-state index contributed by atoms with van der Waals surface area (Å²) in [5.74, 6) is -0.954. The van der Waals surface area contributed by atoms with E-state index in [1.165, 1.54) is 48.4 Å². The summed E-state index contributed by atoms with van der Waals surface area (Å²) in [6.45, 7) is 5.65. The maximum absolute atomic E-state index is 14.0. The molecular formula is C30H36FN3O5S. The SMILES string of the molecule is CCCNC(=O)[C@@H](CC)N(Cc1ccc(C)cc1)C(=O)CN(c1ccc(F)cc1)S(=O)(=O)c1ccc(OC)cc1. The average Bonchev–Trinajstić information content (AvgIpc) is 2.96. The van der Waals surface area contributed by atoms with Crippen molar-refractivity contribution in [2.45, 2.75) is 51.1 Å². The third kappa shape index (κ3) is 7.59. The molecule has 0 heterocycles. The fourth-order valence-corrected chi connectivity index (χ4v) is 5.60. The first-order valence-corrected chi connectivity index (χ1v) is 14.6. The molecule has 1 atom stereocenters. The highest BCUT2D eigenvalue weighted by molar-refractivity contribution is 7.92. The van der Waals surface area contributed by atoms with E-state index in [4.69, 9.17) is 4.74 Å². The van der Waals surface area contributed by atoms with Gasteiger partial charge in [-0.1, -0.05) is 43.7 Å². The van der Waals surface area contributed by atoms with Gasteiger partial charge < -0.3 is 15.0 Å². The van der Waals surface area contributed by atoms with Gasteiger partial charge in [0.1, 0.15) is 24.2 Å². The molecule has 1 N–H and O–H groups in total. The smallest absolute Gasteiger partial charge is 0.264 e. The number of hydrogen-bond donors (Lipinski definition) is 1. The Labute approximate surface area is 235 Å². The number of anilines is 1. The molecule has 0 aromatic heterocycles. The summed E-state index contributed by atoms with van der Waals surface area (Å²) in [6, 6.07) is 17.4. The van der Waals surface area contributed by atoms with Crippen LogP contribution in [0.4, 0.5) is 10.1 Å². The molecule has 0 aliphatic heterocycles. The van der Waals surface area contributed by atoms with Gasteiger partial charge in [-0.3, -0.25) is 13.9 Å². The normalized spacial score (nSPS) is 11.9. The zero-order valence-electron chi connectivity index (χ0n) is 23.3. The molecule has 0 unspecified atom stereocenters. The maximum Gasteiger partial charge on any atom is 0.264 e. The van der Waals surface area contributed by atoms with E-state index in [9.17, 15) is 22.4 Å². The van der Waals surface area contributed by atoms with E-state index in [0.29, 0.717) is 18.7 Å². The Balaban J connectivity index is 2.04. The molecule has 214 valence electrons. The van der Waals surface area contributed by atoms with Crippen LogP contribution in [0.25, 0.3) is 0 Å². The number of carbonyl (C=O) groups is 2. The largest absolute Gasteiger partial charge is 0.497 e. The summed E-state index contributed by atoms with van der Waals surface area (Å²) >= 11 is 0. The number of carbonyl (C=O) groups excluding carboxylic acids is 2. The Morgan fingerprint density at radius 1 is 0.950 bits per heavy atom. The second-order valence-corrected chi connectivity index (χ2v) is 11.2. The van der Waals surface area contributed by atoms with Crippen molar-refractivity contribution in [3.8, 4) is 5.75 Å². The van der Waals surface area contributed by atoms with Crippen molar-refractivity contribution in [3.63, 3.8) is 0 Å². The van der Waals surface area contributed by atoms with Gasteiger partial charge in [0, 0.05) is 13.1 Å². The number of ether oxygens (including phenoxy) is 1. The molecule has 0 aliphatic carbocycles. The van der Waals surface area contributed by atoms with Crippen LogP contribution in [0.15, 0.2) is 77.7 Å². The maximum atomic E-state index is 14.0. The van der Waals surface area contributed by atoms with Gasteiger partial charge in [0.15, 0.2) is 0 Å². The van der Waals surface area contributed by atoms with E-state index in [2.05, 4.69) is 5.32 Å². The van der Waals surface area contributed by atoms with Crippen LogP contribution in [0, 0.1) is 12.7 Å². The van der Waals surface area contributed by atoms with Gasteiger partial charge in [-0.15, -0.1) is 0 Å². The van der Waals surface area contributed by atoms with Crippen molar-refractivity contribution in [1.82, 2.24) is 10.2 Å². The Morgan fingerprint density at radius 2 is 1.57 bits per heavy atom. The van der Waals surface area contributed by atoms with Gasteiger partial charge in [-0.05, 0) is 73.9 Å². The molecule has 3 rings (SSSR count). The molecule has 0 spiro atoms. The molecule has 0 fully saturated rings. The summed E-state index contributed by atoms with van der Waals surface area (Å²) in [7, 11) is -2.79. The molecule has 0 saturated heterocycles. The van der Waals surface area contributed by atoms with Gasteiger partial charge >= 0.3 is 0 Å². The lowest BCUT2D eigenvalue weighted by molar-refractivity contribution is -0.140. The third-order valence-electron chi connectivity index (χ3n) is 6.45. The molecule has 0 radical (unpaired) electrons. The summed E-state index contributed by atoms with van der Waals surface area (Å²) in [4.78, 5) is 28.4. The number of nitrogens with zero attached hydrogens (tertiary/aromatic N) is 2. The number of benzene rings is 3. The van der Waals surface area contributed by atoms with Crippen molar-refractivity contribution < 1.29 is 27.1 Å². The number of hydrogen-bond acceptors (Lipinski definition) is 5. The van der Waals surface area contributed by atoms with Crippen LogP contribution >= 0.6 is 0 Å². The van der Waals surface area contributed by atoms with E-state index >= 15 is 0 Å². The van der Waals surface area contributed by atoms with Crippen LogP contribution in [0.1, 0.15) is 37.8 Å². The molecule has 10 heteroatoms. The molecule has 0 bridgehead atoms. The third-order valence-corrected chi connectivity index (χ3v) is 8.24. The van der Waals surface area contributed by atoms with E-state index in [0.717, 1.165) is 34.0 Å². The molecule has 0 aliphatic rings. The highest BCUT2D eigenvalue weighted by Gasteiger charge is 2.33. The van der Waals surface area contributed by atoms with Gasteiger partial charge in [0.2, 0.25) is 11.8 Å². The van der Waals surface area contributed by atoms with Gasteiger partial charge in [0.25, 0.3) is 10.0 Å². The molecule has 2 amide bonds. The van der Waals surface area contributed by atoms with Crippen LogP contribution in [-0.4, -0.2) is 51.4 Å². The monoisotopic (exact) mass is 569 g/mol. The van der Waals surface area contributed by atoms with E-state index in [1.807, 2.05) is 38.1 Å². The minimum atomic E-state index is -4.26. The predicted molar refractivity (Wildman–Crippen MR) is 153 cm³/mol. The molecule has 8 nitrogen and oxygen atoms in total. The minimum absolute atomic E-state index is 0.0664. The number of halogens is 1. The second-order valence-electron chi connectivity index (χ2n) is 9.39. The van der Waals surface area contributed by atoms with Gasteiger partial charge in [-0.2, -0.15) is 0 Å². The summed E-state index contributed by atoms with van der Waals surface area (Å²) < 4.78 is 47.5. The van der Waals surface area contributed by atoms with E-state index in [1.54, 1.807) is 6.92 Å². The zero-order chi connectivity index (χ0) is 29.3. The topological polar surface area (TPSA) is 96.0 Å². The lowest BCUT2D eigenvalue weighted by atomic mass is 10.1. The Morgan fingerprint density at radius 3 is 2.12 bits per heavy atom. The van der Waals surface area contributed by atoms with Crippen LogP contribution in [0.3, 0.4) is 0 Å².